The van der Waals surface area contributed by atoms with Crippen LogP contribution in [0.25, 0.3) is 33.3 Å². The van der Waals surface area contributed by atoms with E-state index in [1.807, 2.05) is 24.7 Å². The molecule has 0 bridgehead atoms. The van der Waals surface area contributed by atoms with Crippen molar-refractivity contribution in [2.75, 3.05) is 44.8 Å². The highest BCUT2D eigenvalue weighted by molar-refractivity contribution is 5.97. The third-order valence-electron chi connectivity index (χ3n) is 7.59. The predicted molar refractivity (Wildman–Crippen MR) is 139 cm³/mol. The van der Waals surface area contributed by atoms with Crippen LogP contribution in [0.15, 0.2) is 30.7 Å². The van der Waals surface area contributed by atoms with Gasteiger partial charge in [-0.15, -0.1) is 0 Å². The standard InChI is InChI=1S/C27H33N7O/c1-27(2,16-35-3)22-13-19-18(7-8-30-24(19)32-22)25-31-21-15-29-14-20(17-5-4-6-17)23(21)26(33-25)34-11-9-28-10-12-34/h7-8,13-15,17,28H,4-6,9-12,16H2,1-3H3,(H,30,32). The highest BCUT2D eigenvalue weighted by Gasteiger charge is 2.28. The van der Waals surface area contributed by atoms with E-state index in [0.717, 1.165) is 65.6 Å². The smallest absolute Gasteiger partial charge is 0.163 e. The quantitative estimate of drug-likeness (QED) is 0.436. The number of aromatic amines is 1. The maximum Gasteiger partial charge on any atom is 0.163 e. The first-order valence-corrected chi connectivity index (χ1v) is 12.6. The molecule has 4 aromatic rings. The van der Waals surface area contributed by atoms with E-state index in [4.69, 9.17) is 14.7 Å². The molecule has 0 atom stereocenters. The van der Waals surface area contributed by atoms with Crippen LogP contribution in [0.2, 0.25) is 0 Å². The molecule has 0 spiro atoms. The molecule has 2 N–H and O–H groups in total. The summed E-state index contributed by atoms with van der Waals surface area (Å²) in [5.41, 5.74) is 4.98. The number of hydrogen-bond donors (Lipinski definition) is 2. The predicted octanol–water partition coefficient (Wildman–Crippen LogP) is 4.17. The molecule has 1 saturated heterocycles. The van der Waals surface area contributed by atoms with Gasteiger partial charge in [-0.3, -0.25) is 4.98 Å². The van der Waals surface area contributed by atoms with Crippen LogP contribution in [0.3, 0.4) is 0 Å². The van der Waals surface area contributed by atoms with Gasteiger partial charge in [0.15, 0.2) is 5.82 Å². The van der Waals surface area contributed by atoms with Crippen LogP contribution in [-0.2, 0) is 10.2 Å². The third-order valence-corrected chi connectivity index (χ3v) is 7.59. The van der Waals surface area contributed by atoms with Gasteiger partial charge in [0.25, 0.3) is 0 Å². The first-order valence-electron chi connectivity index (χ1n) is 12.6. The molecule has 1 aliphatic heterocycles. The Morgan fingerprint density at radius 1 is 1.14 bits per heavy atom. The number of aromatic nitrogens is 5. The summed E-state index contributed by atoms with van der Waals surface area (Å²) in [6.45, 7) is 8.74. The number of H-pyrrole nitrogens is 1. The van der Waals surface area contributed by atoms with Crippen LogP contribution >= 0.6 is 0 Å². The number of pyridine rings is 2. The zero-order valence-electron chi connectivity index (χ0n) is 20.8. The molecule has 1 aliphatic carbocycles. The Morgan fingerprint density at radius 3 is 2.71 bits per heavy atom. The number of ether oxygens (including phenoxy) is 1. The first-order chi connectivity index (χ1) is 17.0. The second-order valence-corrected chi connectivity index (χ2v) is 10.5. The molecule has 6 rings (SSSR count). The molecule has 0 amide bonds. The molecule has 4 aromatic heterocycles. The molecule has 0 aromatic carbocycles. The molecule has 2 aliphatic rings. The van der Waals surface area contributed by atoms with Gasteiger partial charge in [0, 0.05) is 73.1 Å². The van der Waals surface area contributed by atoms with Crippen molar-refractivity contribution in [3.05, 3.63) is 42.0 Å². The lowest BCUT2D eigenvalue weighted by Gasteiger charge is -2.32. The molecule has 0 unspecified atom stereocenters. The van der Waals surface area contributed by atoms with Crippen LogP contribution in [-0.4, -0.2) is 64.8 Å². The minimum atomic E-state index is -0.162. The molecule has 5 heterocycles. The number of hydrogen-bond acceptors (Lipinski definition) is 7. The summed E-state index contributed by atoms with van der Waals surface area (Å²) < 4.78 is 5.46. The van der Waals surface area contributed by atoms with Crippen molar-refractivity contribution in [1.82, 2.24) is 30.2 Å². The summed E-state index contributed by atoms with van der Waals surface area (Å²) in [7, 11) is 1.74. The van der Waals surface area contributed by atoms with Gasteiger partial charge < -0.3 is 19.9 Å². The Kier molecular flexibility index (Phi) is 5.65. The number of piperazine rings is 1. The first kappa shape index (κ1) is 22.4. The minimum Gasteiger partial charge on any atom is -0.384 e. The van der Waals surface area contributed by atoms with Crippen molar-refractivity contribution >= 4 is 27.8 Å². The Labute approximate surface area is 205 Å². The van der Waals surface area contributed by atoms with E-state index < -0.39 is 0 Å². The van der Waals surface area contributed by atoms with Crippen LogP contribution in [0.5, 0.6) is 0 Å². The lowest BCUT2D eigenvalue weighted by molar-refractivity contribution is 0.145. The van der Waals surface area contributed by atoms with Crippen molar-refractivity contribution in [2.45, 2.75) is 44.4 Å². The largest absolute Gasteiger partial charge is 0.384 e. The molecular weight excluding hydrogens is 438 g/mol. The maximum absolute atomic E-state index is 5.46. The van der Waals surface area contributed by atoms with Crippen molar-refractivity contribution in [3.8, 4) is 11.4 Å². The number of nitrogens with one attached hydrogen (secondary N) is 2. The van der Waals surface area contributed by atoms with Crippen LogP contribution < -0.4 is 10.2 Å². The lowest BCUT2D eigenvalue weighted by Crippen LogP contribution is -2.44. The van der Waals surface area contributed by atoms with Crippen molar-refractivity contribution in [3.63, 3.8) is 0 Å². The third kappa shape index (κ3) is 3.94. The normalized spacial score (nSPS) is 17.3. The van der Waals surface area contributed by atoms with Gasteiger partial charge >= 0.3 is 0 Å². The number of anilines is 1. The van der Waals surface area contributed by atoms with E-state index in [0.29, 0.717) is 12.5 Å². The molecular formula is C27H33N7O. The van der Waals surface area contributed by atoms with Crippen LogP contribution in [0, 0.1) is 0 Å². The van der Waals surface area contributed by atoms with Crippen LogP contribution in [0.1, 0.15) is 50.3 Å². The number of fused-ring (bicyclic) bond motifs is 2. The molecule has 0 radical (unpaired) electrons. The van der Waals surface area contributed by atoms with E-state index >= 15 is 0 Å². The molecule has 8 nitrogen and oxygen atoms in total. The highest BCUT2D eigenvalue weighted by Crippen LogP contribution is 2.42. The Balaban J connectivity index is 1.54. The van der Waals surface area contributed by atoms with Gasteiger partial charge in [-0.05, 0) is 36.5 Å². The van der Waals surface area contributed by atoms with Gasteiger partial charge in [0.1, 0.15) is 11.5 Å². The SMILES string of the molecule is COCC(C)(C)c1cc2c(-c3nc(N4CCNCC4)c4c(C5CCC5)cncc4n3)ccnc2[nH]1. The summed E-state index contributed by atoms with van der Waals surface area (Å²) in [4.78, 5) is 25.5. The fourth-order valence-electron chi connectivity index (χ4n) is 5.37. The van der Waals surface area contributed by atoms with E-state index in [9.17, 15) is 0 Å². The lowest BCUT2D eigenvalue weighted by atomic mass is 9.79. The van der Waals surface area contributed by atoms with E-state index in [-0.39, 0.29) is 5.41 Å². The fourth-order valence-corrected chi connectivity index (χ4v) is 5.37. The summed E-state index contributed by atoms with van der Waals surface area (Å²) in [6.07, 6.45) is 9.50. The van der Waals surface area contributed by atoms with Crippen molar-refractivity contribution in [2.24, 2.45) is 0 Å². The van der Waals surface area contributed by atoms with Gasteiger partial charge in [-0.1, -0.05) is 20.3 Å². The second-order valence-electron chi connectivity index (χ2n) is 10.5. The number of rotatable bonds is 6. The zero-order chi connectivity index (χ0) is 24.0. The summed E-state index contributed by atoms with van der Waals surface area (Å²) in [5, 5.41) is 5.68. The maximum atomic E-state index is 5.46. The van der Waals surface area contributed by atoms with Gasteiger partial charge in [-0.2, -0.15) is 0 Å². The average molecular weight is 472 g/mol. The Hall–Kier alpha value is -3.10. The van der Waals surface area contributed by atoms with Gasteiger partial charge in [0.2, 0.25) is 0 Å². The van der Waals surface area contributed by atoms with E-state index in [1.54, 1.807) is 7.11 Å². The Morgan fingerprint density at radius 2 is 1.97 bits per heavy atom. The van der Waals surface area contributed by atoms with Gasteiger partial charge in [0.05, 0.1) is 18.3 Å². The molecule has 2 fully saturated rings. The van der Waals surface area contributed by atoms with Crippen LogP contribution in [0.4, 0.5) is 5.82 Å². The number of nitrogens with zero attached hydrogens (tertiary/aromatic N) is 5. The fraction of sp³-hybridized carbons (Fsp3) is 0.481. The van der Waals surface area contributed by atoms with Crippen molar-refractivity contribution in [1.29, 1.82) is 0 Å². The minimum absolute atomic E-state index is 0.162. The summed E-state index contributed by atoms with van der Waals surface area (Å²) >= 11 is 0. The molecule has 182 valence electrons. The summed E-state index contributed by atoms with van der Waals surface area (Å²) in [6, 6.07) is 4.20. The second kappa shape index (κ2) is 8.84. The molecule has 8 heteroatoms. The van der Waals surface area contributed by atoms with E-state index in [1.165, 1.54) is 30.2 Å². The zero-order valence-corrected chi connectivity index (χ0v) is 20.8. The van der Waals surface area contributed by atoms with E-state index in [2.05, 4.69) is 45.1 Å². The Bertz CT molecular complexity index is 1370. The van der Waals surface area contributed by atoms with Crippen molar-refractivity contribution < 1.29 is 4.74 Å². The molecule has 1 saturated carbocycles. The highest BCUT2D eigenvalue weighted by atomic mass is 16.5. The molecule has 35 heavy (non-hydrogen) atoms. The van der Waals surface area contributed by atoms with Gasteiger partial charge in [-0.25, -0.2) is 15.0 Å². The topological polar surface area (TPSA) is 91.8 Å². The summed E-state index contributed by atoms with van der Waals surface area (Å²) in [5.74, 6) is 2.32. The monoisotopic (exact) mass is 471 g/mol. The average Bonchev–Trinajstić information content (AvgIpc) is 3.29. The number of methoxy groups -OCH3 is 1.